The number of aryl methyl sites for hydroxylation is 1. The molecule has 0 bridgehead atoms. The number of fused-ring (bicyclic) bond motifs is 1. The number of likely N-dealkylation sites (tertiary alicyclic amines) is 1. The van der Waals surface area contributed by atoms with E-state index in [-0.39, 0.29) is 23.5 Å². The minimum absolute atomic E-state index is 0.0238. The van der Waals surface area contributed by atoms with Gasteiger partial charge >= 0.3 is 0 Å². The van der Waals surface area contributed by atoms with Crippen LogP contribution in [0.15, 0.2) is 65.3 Å². The van der Waals surface area contributed by atoms with E-state index in [1.807, 2.05) is 42.2 Å². The van der Waals surface area contributed by atoms with Gasteiger partial charge < -0.3 is 14.6 Å². The summed E-state index contributed by atoms with van der Waals surface area (Å²) in [5.41, 5.74) is 3.08. The van der Waals surface area contributed by atoms with E-state index in [0.717, 1.165) is 35.5 Å². The van der Waals surface area contributed by atoms with E-state index < -0.39 is 0 Å². The van der Waals surface area contributed by atoms with Crippen LogP contribution in [0.4, 0.5) is 5.69 Å². The Morgan fingerprint density at radius 1 is 1.16 bits per heavy atom. The molecule has 4 aromatic rings. The number of carbonyl (C=O) groups excluding carboxylic acids is 2. The molecule has 2 aromatic heterocycles. The van der Waals surface area contributed by atoms with Gasteiger partial charge in [0, 0.05) is 30.3 Å². The topological polar surface area (TPSA) is 75.4 Å². The molecule has 3 heterocycles. The molecule has 1 aliphatic heterocycles. The summed E-state index contributed by atoms with van der Waals surface area (Å²) in [6, 6.07) is 16.9. The number of aromatic nitrogens is 1. The van der Waals surface area contributed by atoms with E-state index in [1.165, 1.54) is 11.0 Å². The third-order valence-electron chi connectivity index (χ3n) is 5.85. The van der Waals surface area contributed by atoms with Crippen LogP contribution in [0, 0.1) is 6.92 Å². The molecule has 0 unspecified atom stereocenters. The van der Waals surface area contributed by atoms with Crippen LogP contribution in [0.2, 0.25) is 0 Å². The number of amides is 2. The maximum atomic E-state index is 13.3. The first kappa shape index (κ1) is 20.5. The summed E-state index contributed by atoms with van der Waals surface area (Å²) in [6.45, 7) is 3.28. The number of carbonyl (C=O) groups is 2. The summed E-state index contributed by atoms with van der Waals surface area (Å²) in [4.78, 5) is 32.4. The SMILES string of the molecule is Cc1ccc(C(=O)N2CCC[C@H](c3nc4ccccc4s3)C2)cc1NC(=O)c1ccco1. The zero-order valence-corrected chi connectivity index (χ0v) is 18.5. The first-order chi connectivity index (χ1) is 15.6. The number of anilines is 1. The molecule has 1 aliphatic rings. The van der Waals surface area contributed by atoms with E-state index in [1.54, 1.807) is 29.5 Å². The van der Waals surface area contributed by atoms with Gasteiger partial charge in [0.05, 0.1) is 21.5 Å². The molecule has 162 valence electrons. The molecule has 0 radical (unpaired) electrons. The molecular weight excluding hydrogens is 422 g/mol. The molecule has 0 saturated carbocycles. The van der Waals surface area contributed by atoms with Crippen molar-refractivity contribution in [3.63, 3.8) is 0 Å². The van der Waals surface area contributed by atoms with E-state index in [9.17, 15) is 9.59 Å². The van der Waals surface area contributed by atoms with Crippen LogP contribution in [0.1, 0.15) is 50.2 Å². The number of nitrogens with one attached hydrogen (secondary N) is 1. The van der Waals surface area contributed by atoms with Crippen LogP contribution in [0.25, 0.3) is 10.2 Å². The van der Waals surface area contributed by atoms with E-state index in [4.69, 9.17) is 9.40 Å². The third kappa shape index (κ3) is 4.03. The third-order valence-corrected chi connectivity index (χ3v) is 7.04. The van der Waals surface area contributed by atoms with Crippen molar-refractivity contribution in [2.75, 3.05) is 18.4 Å². The summed E-state index contributed by atoms with van der Waals surface area (Å²) in [6.07, 6.45) is 3.43. The summed E-state index contributed by atoms with van der Waals surface area (Å²) in [5.74, 6) is 0.116. The number of hydrogen-bond acceptors (Lipinski definition) is 5. The van der Waals surface area contributed by atoms with Gasteiger partial charge in [-0.3, -0.25) is 9.59 Å². The lowest BCUT2D eigenvalue weighted by molar-refractivity contribution is 0.0707. The van der Waals surface area contributed by atoms with Crippen LogP contribution in [0.5, 0.6) is 0 Å². The molecule has 1 saturated heterocycles. The van der Waals surface area contributed by atoms with Crippen LogP contribution >= 0.6 is 11.3 Å². The van der Waals surface area contributed by atoms with Gasteiger partial charge in [-0.1, -0.05) is 18.2 Å². The number of hydrogen-bond donors (Lipinski definition) is 1. The largest absolute Gasteiger partial charge is 0.459 e. The molecule has 2 aromatic carbocycles. The molecule has 6 nitrogen and oxygen atoms in total. The van der Waals surface area contributed by atoms with Crippen LogP contribution in [-0.4, -0.2) is 34.8 Å². The Balaban J connectivity index is 1.33. The van der Waals surface area contributed by atoms with Gasteiger partial charge in [-0.25, -0.2) is 4.98 Å². The Morgan fingerprint density at radius 3 is 2.84 bits per heavy atom. The minimum atomic E-state index is -0.337. The highest BCUT2D eigenvalue weighted by atomic mass is 32.1. The average molecular weight is 446 g/mol. The normalized spacial score (nSPS) is 16.3. The van der Waals surface area contributed by atoms with Crippen molar-refractivity contribution < 1.29 is 14.0 Å². The molecule has 7 heteroatoms. The Bertz CT molecular complexity index is 1250. The molecule has 1 atom stereocenters. The Morgan fingerprint density at radius 2 is 2.03 bits per heavy atom. The van der Waals surface area contributed by atoms with Crippen LogP contribution in [-0.2, 0) is 0 Å². The second-order valence-electron chi connectivity index (χ2n) is 8.07. The summed E-state index contributed by atoms with van der Waals surface area (Å²) < 4.78 is 6.35. The van der Waals surface area contributed by atoms with E-state index in [2.05, 4.69) is 11.4 Å². The fraction of sp³-hybridized carbons (Fsp3) is 0.240. The summed E-state index contributed by atoms with van der Waals surface area (Å²) >= 11 is 1.72. The lowest BCUT2D eigenvalue weighted by atomic mass is 9.97. The lowest BCUT2D eigenvalue weighted by Crippen LogP contribution is -2.39. The smallest absolute Gasteiger partial charge is 0.291 e. The van der Waals surface area contributed by atoms with Gasteiger partial charge in [-0.2, -0.15) is 0 Å². The number of piperidine rings is 1. The number of benzene rings is 2. The Kier molecular flexibility index (Phi) is 5.49. The van der Waals surface area contributed by atoms with Gasteiger partial charge in [0.2, 0.25) is 0 Å². The number of furan rings is 1. The maximum absolute atomic E-state index is 13.3. The average Bonchev–Trinajstić information content (AvgIpc) is 3.50. The molecule has 1 fully saturated rings. The van der Waals surface area contributed by atoms with Gasteiger partial charge in [-0.05, 0) is 61.7 Å². The molecule has 5 rings (SSSR count). The molecule has 32 heavy (non-hydrogen) atoms. The number of rotatable bonds is 4. The number of thiazole rings is 1. The van der Waals surface area contributed by atoms with Gasteiger partial charge in [0.1, 0.15) is 0 Å². The van der Waals surface area contributed by atoms with Crippen molar-refractivity contribution in [3.05, 3.63) is 82.8 Å². The van der Waals surface area contributed by atoms with Crippen molar-refractivity contribution in [1.29, 1.82) is 0 Å². The monoisotopic (exact) mass is 445 g/mol. The highest BCUT2D eigenvalue weighted by Crippen LogP contribution is 2.33. The predicted molar refractivity (Wildman–Crippen MR) is 125 cm³/mol. The molecule has 0 aliphatic carbocycles. The highest BCUT2D eigenvalue weighted by Gasteiger charge is 2.28. The second-order valence-corrected chi connectivity index (χ2v) is 9.13. The highest BCUT2D eigenvalue weighted by molar-refractivity contribution is 7.18. The lowest BCUT2D eigenvalue weighted by Gasteiger charge is -2.32. The first-order valence-corrected chi connectivity index (χ1v) is 11.5. The molecule has 2 amide bonds. The van der Waals surface area contributed by atoms with Gasteiger partial charge in [-0.15, -0.1) is 11.3 Å². The zero-order chi connectivity index (χ0) is 22.1. The van der Waals surface area contributed by atoms with Crippen molar-refractivity contribution in [3.8, 4) is 0 Å². The Labute approximate surface area is 189 Å². The minimum Gasteiger partial charge on any atom is -0.459 e. The van der Waals surface area contributed by atoms with Gasteiger partial charge in [0.15, 0.2) is 5.76 Å². The van der Waals surface area contributed by atoms with E-state index in [0.29, 0.717) is 17.8 Å². The number of para-hydroxylation sites is 1. The Hall–Kier alpha value is -3.45. The quantitative estimate of drug-likeness (QED) is 0.452. The van der Waals surface area contributed by atoms with Crippen molar-refractivity contribution >= 4 is 39.1 Å². The standard InChI is InChI=1S/C25H23N3O3S/c1-16-10-11-17(14-20(16)26-23(29)21-8-5-13-31-21)25(30)28-12-4-6-18(15-28)24-27-19-7-2-3-9-22(19)32-24/h2-3,5,7-11,13-14,18H,4,6,12,15H2,1H3,(H,26,29)/t18-/m0/s1. The van der Waals surface area contributed by atoms with Crippen LogP contribution < -0.4 is 5.32 Å². The molecule has 1 N–H and O–H groups in total. The summed E-state index contributed by atoms with van der Waals surface area (Å²) in [7, 11) is 0. The number of nitrogens with zero attached hydrogens (tertiary/aromatic N) is 2. The van der Waals surface area contributed by atoms with Crippen molar-refractivity contribution in [2.24, 2.45) is 0 Å². The zero-order valence-electron chi connectivity index (χ0n) is 17.7. The fourth-order valence-electron chi connectivity index (χ4n) is 4.09. The van der Waals surface area contributed by atoms with Crippen molar-refractivity contribution in [1.82, 2.24) is 9.88 Å². The molecule has 0 spiro atoms. The summed E-state index contributed by atoms with van der Waals surface area (Å²) in [5, 5.41) is 3.94. The van der Waals surface area contributed by atoms with Gasteiger partial charge in [0.25, 0.3) is 11.8 Å². The predicted octanol–water partition coefficient (Wildman–Crippen LogP) is 5.47. The molecular formula is C25H23N3O3S. The van der Waals surface area contributed by atoms with E-state index >= 15 is 0 Å². The van der Waals surface area contributed by atoms with Crippen molar-refractivity contribution in [2.45, 2.75) is 25.7 Å². The fourth-order valence-corrected chi connectivity index (χ4v) is 5.19. The van der Waals surface area contributed by atoms with Crippen LogP contribution in [0.3, 0.4) is 0 Å². The first-order valence-electron chi connectivity index (χ1n) is 10.7. The maximum Gasteiger partial charge on any atom is 0.291 e. The second kappa shape index (κ2) is 8.59.